The zero-order valence-electron chi connectivity index (χ0n) is 20.5. The topological polar surface area (TPSA) is 335 Å². The molecule has 0 rings (SSSR count). The lowest BCUT2D eigenvalue weighted by molar-refractivity contribution is -0.141. The molecule has 21 nitrogen and oxygen atoms in total. The highest BCUT2D eigenvalue weighted by molar-refractivity contribution is 5.82. The van der Waals surface area contributed by atoms with Gasteiger partial charge in [0.1, 0.15) is 0 Å². The Morgan fingerprint density at radius 2 is 1.00 bits per heavy atom. The summed E-state index contributed by atoms with van der Waals surface area (Å²) in [6, 6.07) is -3.57. The van der Waals surface area contributed by atoms with Crippen molar-refractivity contribution in [1.29, 1.82) is 0 Å². The Kier molecular flexibility index (Phi) is 17.7. The van der Waals surface area contributed by atoms with Crippen molar-refractivity contribution in [3.63, 3.8) is 0 Å². The molecule has 0 bridgehead atoms. The quantitative estimate of drug-likeness (QED) is 0.0797. The van der Waals surface area contributed by atoms with E-state index in [-0.39, 0.29) is 51.9 Å². The molecule has 0 aromatic heterocycles. The minimum absolute atomic E-state index is 0.127. The summed E-state index contributed by atoms with van der Waals surface area (Å²) in [6.45, 7) is -0.956. The summed E-state index contributed by atoms with van der Waals surface area (Å²) in [7, 11) is 1.15. The summed E-state index contributed by atoms with van der Waals surface area (Å²) in [6.07, 6.45) is -1.25. The van der Waals surface area contributed by atoms with Gasteiger partial charge in [-0.15, -0.1) is 0 Å². The van der Waals surface area contributed by atoms with Gasteiger partial charge >= 0.3 is 5.97 Å². The molecule has 0 aliphatic rings. The fourth-order valence-electron chi connectivity index (χ4n) is 2.92. The number of esters is 1. The van der Waals surface area contributed by atoms with E-state index in [0.717, 1.165) is 7.11 Å². The second-order valence-electron chi connectivity index (χ2n) is 7.60. The van der Waals surface area contributed by atoms with Crippen LogP contribution in [0.4, 0.5) is 0 Å². The number of nitrogens with one attached hydrogen (secondary N) is 3. The molecule has 0 saturated heterocycles. The maximum Gasteiger partial charge on any atom is 0.307 e. The highest BCUT2D eigenvalue weighted by Gasteiger charge is 2.23. The van der Waals surface area contributed by atoms with Crippen LogP contribution in [0, 0.1) is 0 Å². The van der Waals surface area contributed by atoms with Crippen LogP contribution < -0.4 is 21.7 Å². The predicted molar refractivity (Wildman–Crippen MR) is 130 cm³/mol. The average Bonchev–Trinajstić information content (AvgIpc) is 2.87. The van der Waals surface area contributed by atoms with Crippen LogP contribution in [0.5, 0.6) is 0 Å². The summed E-state index contributed by atoms with van der Waals surface area (Å²) in [4.78, 5) is 59.1. The molecule has 38 heavy (non-hydrogen) atoms. The fourth-order valence-corrected chi connectivity index (χ4v) is 2.92. The van der Waals surface area contributed by atoms with E-state index >= 15 is 0 Å². The number of ether oxygens (including phenoxy) is 1. The second kappa shape index (κ2) is 20.3. The van der Waals surface area contributed by atoms with Gasteiger partial charge in [0.25, 0.3) is 0 Å². The Balaban J connectivity index is 5.25. The first kappa shape index (κ1) is 33.1. The first-order chi connectivity index (χ1) is 18.2. The van der Waals surface area contributed by atoms with Gasteiger partial charge in [0, 0.05) is 89.3 Å². The molecule has 0 aliphatic carbocycles. The monoisotopic (exact) mass is 536 g/mol. The molecule has 0 saturated carbocycles. The van der Waals surface area contributed by atoms with E-state index in [0.29, 0.717) is 0 Å². The van der Waals surface area contributed by atoms with E-state index in [4.69, 9.17) is 27.9 Å². The van der Waals surface area contributed by atoms with E-state index in [1.54, 1.807) is 0 Å². The number of nitrogens with two attached hydrogens (primary N) is 1. The summed E-state index contributed by atoms with van der Waals surface area (Å²) < 4.78 is 4.54. The minimum Gasteiger partial charge on any atom is -0.469 e. The van der Waals surface area contributed by atoms with E-state index in [1.807, 2.05) is 0 Å². The number of methoxy groups -OCH3 is 1. The summed E-state index contributed by atoms with van der Waals surface area (Å²) in [5.74, 6) is -2.57. The molecule has 206 valence electrons. The number of hydrogen-bond donors (Lipinski definition) is 4. The zero-order valence-corrected chi connectivity index (χ0v) is 20.5. The molecule has 0 fully saturated rings. The molecule has 3 amide bonds. The molecule has 4 atom stereocenters. The molecule has 0 radical (unpaired) electrons. The third-order valence-electron chi connectivity index (χ3n) is 4.52. The van der Waals surface area contributed by atoms with Crippen molar-refractivity contribution in [2.45, 2.75) is 49.9 Å². The van der Waals surface area contributed by atoms with Crippen molar-refractivity contribution in [3.05, 3.63) is 41.8 Å². The maximum absolute atomic E-state index is 12.6. The van der Waals surface area contributed by atoms with Crippen molar-refractivity contribution < 1.29 is 23.9 Å². The average molecular weight is 537 g/mol. The van der Waals surface area contributed by atoms with Gasteiger partial charge in [0.15, 0.2) is 0 Å². The van der Waals surface area contributed by atoms with Crippen LogP contribution in [-0.4, -0.2) is 81.1 Å². The number of nitrogens with zero attached hydrogens (tertiary/aromatic N) is 12. The molecule has 0 heterocycles. The van der Waals surface area contributed by atoms with Gasteiger partial charge in [0.05, 0.1) is 13.5 Å². The van der Waals surface area contributed by atoms with E-state index in [2.05, 4.69) is 60.8 Å². The Hall–Kier alpha value is -4.92. The Morgan fingerprint density at radius 1 is 0.658 bits per heavy atom. The van der Waals surface area contributed by atoms with Gasteiger partial charge in [-0.25, -0.2) is 0 Å². The van der Waals surface area contributed by atoms with Crippen LogP contribution >= 0.6 is 0 Å². The molecular formula is C17H28N16O5. The molecule has 5 N–H and O–H groups in total. The fraction of sp³-hybridized carbons (Fsp3) is 0.765. The van der Waals surface area contributed by atoms with Crippen LogP contribution in [0.15, 0.2) is 20.5 Å². The van der Waals surface area contributed by atoms with Crippen LogP contribution in [-0.2, 0) is 23.9 Å². The van der Waals surface area contributed by atoms with Gasteiger partial charge in [-0.1, -0.05) is 20.5 Å². The van der Waals surface area contributed by atoms with E-state index in [9.17, 15) is 19.2 Å². The van der Waals surface area contributed by atoms with Gasteiger partial charge in [-0.3, -0.25) is 19.2 Å². The van der Waals surface area contributed by atoms with Crippen LogP contribution in [0.25, 0.3) is 41.8 Å². The molecule has 0 aliphatic heterocycles. The number of hydrogen-bond acceptors (Lipinski definition) is 10. The first-order valence-corrected chi connectivity index (χ1v) is 10.9. The third kappa shape index (κ3) is 16.7. The third-order valence-corrected chi connectivity index (χ3v) is 4.52. The van der Waals surface area contributed by atoms with Crippen LogP contribution in [0.2, 0.25) is 0 Å². The number of carbonyl (C=O) groups excluding carboxylic acids is 4. The van der Waals surface area contributed by atoms with Gasteiger partial charge in [0.2, 0.25) is 17.7 Å². The highest BCUT2D eigenvalue weighted by Crippen LogP contribution is 2.03. The highest BCUT2D eigenvalue weighted by atomic mass is 16.5. The maximum atomic E-state index is 12.6. The zero-order chi connectivity index (χ0) is 28.8. The van der Waals surface area contributed by atoms with Crippen LogP contribution in [0.1, 0.15) is 25.7 Å². The van der Waals surface area contributed by atoms with E-state index < -0.39 is 47.9 Å². The molecule has 0 aromatic rings. The molecule has 0 spiro atoms. The number of carbonyl (C=O) groups is 4. The predicted octanol–water partition coefficient (Wildman–Crippen LogP) is 0.743. The van der Waals surface area contributed by atoms with Crippen molar-refractivity contribution in [2.24, 2.45) is 26.2 Å². The molecule has 0 aromatic carbocycles. The minimum atomic E-state index is -0.982. The number of rotatable bonds is 19. The second-order valence-corrected chi connectivity index (χ2v) is 7.60. The van der Waals surface area contributed by atoms with Gasteiger partial charge in [-0.2, -0.15) is 0 Å². The molecular weight excluding hydrogens is 508 g/mol. The lowest BCUT2D eigenvalue weighted by Gasteiger charge is -2.22. The molecule has 21 heteroatoms. The van der Waals surface area contributed by atoms with E-state index in [1.165, 1.54) is 0 Å². The van der Waals surface area contributed by atoms with Gasteiger partial charge in [-0.05, 0) is 22.1 Å². The number of azide groups is 4. The Bertz CT molecular complexity index is 1010. The van der Waals surface area contributed by atoms with Crippen molar-refractivity contribution in [2.75, 3.05) is 33.3 Å². The standard InChI is InChI=1S/C17H28N16O5/c1-38-17(37)5-13(9-26-33-22)29-16(36)4-12(8-25-32-21)28-15(35)3-11(7-24-31-20)27-14(34)2-10(18)6-23-30-19/h10-13H,2-9,18H2,1H3,(H,27,34)(H,28,35)(H,29,36)/t10-,11-,12-,13-/m0/s1. The summed E-state index contributed by atoms with van der Waals surface area (Å²) in [5, 5.41) is 20.8. The SMILES string of the molecule is COC(=O)C[C@@H](CN=[N+]=[N-])NC(=O)C[C@@H](CN=[N+]=[N-])NC(=O)C[C@@H](CN=[N+]=[N-])NC(=O)C[C@H](N)CN=[N+]=[N-]. The smallest absolute Gasteiger partial charge is 0.307 e. The largest absolute Gasteiger partial charge is 0.469 e. The van der Waals surface area contributed by atoms with Crippen molar-refractivity contribution in [3.8, 4) is 0 Å². The Labute approximate surface area is 215 Å². The molecule has 0 unspecified atom stereocenters. The van der Waals surface area contributed by atoms with Gasteiger partial charge < -0.3 is 26.4 Å². The van der Waals surface area contributed by atoms with Crippen molar-refractivity contribution >= 4 is 23.7 Å². The summed E-state index contributed by atoms with van der Waals surface area (Å²) in [5.41, 5.74) is 39.7. The lowest BCUT2D eigenvalue weighted by Crippen LogP contribution is -2.47. The summed E-state index contributed by atoms with van der Waals surface area (Å²) >= 11 is 0. The normalized spacial score (nSPS) is 12.8. The number of amides is 3. The Morgan fingerprint density at radius 3 is 1.37 bits per heavy atom. The first-order valence-electron chi connectivity index (χ1n) is 10.9. The lowest BCUT2D eigenvalue weighted by atomic mass is 10.1. The van der Waals surface area contributed by atoms with Crippen molar-refractivity contribution in [1.82, 2.24) is 16.0 Å². The van der Waals surface area contributed by atoms with Crippen LogP contribution in [0.3, 0.4) is 0 Å².